The zero-order valence-electron chi connectivity index (χ0n) is 11.4. The Labute approximate surface area is 129 Å². The van der Waals surface area contributed by atoms with Gasteiger partial charge in [0.25, 0.3) is 5.91 Å². The van der Waals surface area contributed by atoms with Crippen LogP contribution in [0.1, 0.15) is 10.5 Å². The fourth-order valence-corrected chi connectivity index (χ4v) is 2.36. The molecule has 0 radical (unpaired) electrons. The number of benzene rings is 1. The molecule has 0 aliphatic carbocycles. The van der Waals surface area contributed by atoms with E-state index in [1.165, 1.54) is 12.0 Å². The van der Waals surface area contributed by atoms with E-state index in [0.29, 0.717) is 5.69 Å². The summed E-state index contributed by atoms with van der Waals surface area (Å²) in [5.41, 5.74) is 1.18. The molecular weight excluding hydrogens is 340 g/mol. The van der Waals surface area contributed by atoms with E-state index in [0.717, 1.165) is 15.4 Å². The molecule has 2 aromatic rings. The Bertz CT molecular complexity index is 668. The van der Waals surface area contributed by atoms with Crippen LogP contribution in [-0.4, -0.2) is 53.7 Å². The molecule has 0 aliphatic rings. The lowest BCUT2D eigenvalue weighted by molar-refractivity contribution is -0.137. The van der Waals surface area contributed by atoms with Crippen molar-refractivity contribution in [2.45, 2.75) is 0 Å². The fourth-order valence-electron chi connectivity index (χ4n) is 2.00. The fraction of sp³-hybridized carbons (Fsp3) is 0.286. The molecule has 0 saturated heterocycles. The summed E-state index contributed by atoms with van der Waals surface area (Å²) in [4.78, 5) is 27.5. The van der Waals surface area contributed by atoms with Crippen LogP contribution in [0.3, 0.4) is 0 Å². The van der Waals surface area contributed by atoms with Crippen LogP contribution in [0.5, 0.6) is 0 Å². The molecule has 1 amide bonds. The van der Waals surface area contributed by atoms with Crippen LogP contribution >= 0.6 is 15.9 Å². The smallest absolute Gasteiger partial charge is 0.323 e. The molecule has 0 atom stereocenters. The molecule has 1 aromatic heterocycles. The standard InChI is InChI=1S/C14H15BrN2O4/c1-21-5-4-17(8-13(18)19)14(20)12-6-9-2-3-10(15)7-11(9)16-12/h2-3,6-7,16H,4-5,8H2,1H3,(H,18,19). The molecule has 0 saturated carbocycles. The number of aliphatic carboxylic acids is 1. The molecule has 7 heteroatoms. The second-order valence-electron chi connectivity index (χ2n) is 4.53. The predicted octanol–water partition coefficient (Wildman–Crippen LogP) is 2.10. The molecule has 0 spiro atoms. The Hall–Kier alpha value is -1.86. The number of ether oxygens (including phenoxy) is 1. The maximum atomic E-state index is 12.4. The van der Waals surface area contributed by atoms with E-state index in [-0.39, 0.29) is 25.6 Å². The number of hydrogen-bond donors (Lipinski definition) is 2. The highest BCUT2D eigenvalue weighted by Gasteiger charge is 2.20. The number of aromatic nitrogens is 1. The van der Waals surface area contributed by atoms with Gasteiger partial charge < -0.3 is 19.7 Å². The van der Waals surface area contributed by atoms with Crippen molar-refractivity contribution in [2.24, 2.45) is 0 Å². The highest BCUT2D eigenvalue weighted by Crippen LogP contribution is 2.21. The van der Waals surface area contributed by atoms with Gasteiger partial charge in [-0.05, 0) is 18.2 Å². The van der Waals surface area contributed by atoms with Gasteiger partial charge in [0.15, 0.2) is 0 Å². The molecule has 0 aliphatic heterocycles. The van der Waals surface area contributed by atoms with E-state index < -0.39 is 5.97 Å². The van der Waals surface area contributed by atoms with E-state index in [2.05, 4.69) is 20.9 Å². The van der Waals surface area contributed by atoms with Gasteiger partial charge in [0.2, 0.25) is 0 Å². The maximum Gasteiger partial charge on any atom is 0.323 e. The predicted molar refractivity (Wildman–Crippen MR) is 81.4 cm³/mol. The Morgan fingerprint density at radius 1 is 1.38 bits per heavy atom. The number of carbonyl (C=O) groups excluding carboxylic acids is 1. The number of carbonyl (C=O) groups is 2. The molecule has 6 nitrogen and oxygen atoms in total. The third kappa shape index (κ3) is 3.83. The van der Waals surface area contributed by atoms with Crippen LogP contribution in [0.4, 0.5) is 0 Å². The number of aromatic amines is 1. The van der Waals surface area contributed by atoms with Gasteiger partial charge in [-0.1, -0.05) is 22.0 Å². The van der Waals surface area contributed by atoms with Crippen molar-refractivity contribution in [3.8, 4) is 0 Å². The average molecular weight is 355 g/mol. The Balaban J connectivity index is 2.26. The summed E-state index contributed by atoms with van der Waals surface area (Å²) in [5, 5.41) is 9.80. The summed E-state index contributed by atoms with van der Waals surface area (Å²) in [6, 6.07) is 7.34. The number of methoxy groups -OCH3 is 1. The summed E-state index contributed by atoms with van der Waals surface area (Å²) in [7, 11) is 1.50. The Morgan fingerprint density at radius 3 is 2.81 bits per heavy atom. The van der Waals surface area contributed by atoms with Gasteiger partial charge in [-0.2, -0.15) is 0 Å². The van der Waals surface area contributed by atoms with Crippen molar-refractivity contribution in [3.05, 3.63) is 34.4 Å². The van der Waals surface area contributed by atoms with Gasteiger partial charge in [0, 0.05) is 29.0 Å². The number of nitrogens with one attached hydrogen (secondary N) is 1. The molecule has 21 heavy (non-hydrogen) atoms. The van der Waals surface area contributed by atoms with Crippen molar-refractivity contribution in [1.29, 1.82) is 0 Å². The Morgan fingerprint density at radius 2 is 2.14 bits per heavy atom. The molecule has 2 N–H and O–H groups in total. The number of fused-ring (bicyclic) bond motifs is 1. The summed E-state index contributed by atoms with van der Waals surface area (Å²) in [5.74, 6) is -1.42. The summed E-state index contributed by atoms with van der Waals surface area (Å²) in [6.07, 6.45) is 0. The number of carboxylic acid groups (broad SMARTS) is 1. The first-order chi connectivity index (χ1) is 10.0. The van der Waals surface area contributed by atoms with Gasteiger partial charge in [-0.15, -0.1) is 0 Å². The largest absolute Gasteiger partial charge is 0.480 e. The van der Waals surface area contributed by atoms with Crippen molar-refractivity contribution < 1.29 is 19.4 Å². The third-order valence-electron chi connectivity index (χ3n) is 2.99. The minimum atomic E-state index is -1.06. The topological polar surface area (TPSA) is 82.6 Å². The lowest BCUT2D eigenvalue weighted by atomic mass is 10.2. The molecule has 0 fully saturated rings. The highest BCUT2D eigenvalue weighted by atomic mass is 79.9. The molecule has 2 rings (SSSR count). The van der Waals surface area contributed by atoms with Crippen molar-refractivity contribution in [1.82, 2.24) is 9.88 Å². The summed E-state index contributed by atoms with van der Waals surface area (Å²) in [6.45, 7) is 0.146. The van der Waals surface area contributed by atoms with Crippen LogP contribution in [0, 0.1) is 0 Å². The molecule has 0 bridgehead atoms. The van der Waals surface area contributed by atoms with E-state index in [4.69, 9.17) is 9.84 Å². The number of H-pyrrole nitrogens is 1. The number of carboxylic acids is 1. The number of hydrogen-bond acceptors (Lipinski definition) is 3. The second-order valence-corrected chi connectivity index (χ2v) is 5.44. The quantitative estimate of drug-likeness (QED) is 0.832. The monoisotopic (exact) mass is 354 g/mol. The van der Waals surface area contributed by atoms with E-state index >= 15 is 0 Å². The van der Waals surface area contributed by atoms with Crippen molar-refractivity contribution >= 4 is 38.7 Å². The zero-order valence-corrected chi connectivity index (χ0v) is 13.0. The van der Waals surface area contributed by atoms with E-state index in [1.54, 1.807) is 6.07 Å². The van der Waals surface area contributed by atoms with Crippen LogP contribution in [0.2, 0.25) is 0 Å². The first kappa shape index (κ1) is 15.5. The molecule has 0 unspecified atom stereocenters. The highest BCUT2D eigenvalue weighted by molar-refractivity contribution is 9.10. The minimum absolute atomic E-state index is 0.223. The van der Waals surface area contributed by atoms with Gasteiger partial charge in [0.1, 0.15) is 12.2 Å². The number of nitrogens with zero attached hydrogens (tertiary/aromatic N) is 1. The number of rotatable bonds is 6. The molecule has 1 aromatic carbocycles. The first-order valence-corrected chi connectivity index (χ1v) is 7.09. The zero-order chi connectivity index (χ0) is 15.4. The number of halogens is 1. The lowest BCUT2D eigenvalue weighted by Crippen LogP contribution is -2.38. The van der Waals surface area contributed by atoms with Crippen LogP contribution in [0.25, 0.3) is 10.9 Å². The van der Waals surface area contributed by atoms with Crippen molar-refractivity contribution in [3.63, 3.8) is 0 Å². The van der Waals surface area contributed by atoms with Crippen LogP contribution in [0.15, 0.2) is 28.7 Å². The number of amides is 1. The average Bonchev–Trinajstić information content (AvgIpc) is 2.85. The van der Waals surface area contributed by atoms with Crippen LogP contribution in [-0.2, 0) is 9.53 Å². The summed E-state index contributed by atoms with van der Waals surface area (Å²) < 4.78 is 5.81. The molecular formula is C14H15BrN2O4. The Kier molecular flexibility index (Phi) is 4.98. The maximum absolute atomic E-state index is 12.4. The van der Waals surface area contributed by atoms with Gasteiger partial charge in [0.05, 0.1) is 6.61 Å². The summed E-state index contributed by atoms with van der Waals surface area (Å²) >= 11 is 3.36. The second kappa shape index (κ2) is 6.73. The van der Waals surface area contributed by atoms with Gasteiger partial charge >= 0.3 is 5.97 Å². The van der Waals surface area contributed by atoms with Crippen LogP contribution < -0.4 is 0 Å². The van der Waals surface area contributed by atoms with Crippen molar-refractivity contribution in [2.75, 3.05) is 26.8 Å². The van der Waals surface area contributed by atoms with Gasteiger partial charge in [-0.25, -0.2) is 0 Å². The van der Waals surface area contributed by atoms with E-state index in [9.17, 15) is 9.59 Å². The first-order valence-electron chi connectivity index (χ1n) is 6.29. The normalized spacial score (nSPS) is 10.8. The lowest BCUT2D eigenvalue weighted by Gasteiger charge is -2.19. The minimum Gasteiger partial charge on any atom is -0.480 e. The van der Waals surface area contributed by atoms with E-state index in [1.807, 2.05) is 18.2 Å². The van der Waals surface area contributed by atoms with Gasteiger partial charge in [-0.3, -0.25) is 9.59 Å². The SMILES string of the molecule is COCCN(CC(=O)O)C(=O)c1cc2ccc(Br)cc2[nH]1. The molecule has 112 valence electrons. The third-order valence-corrected chi connectivity index (χ3v) is 3.49. The molecule has 1 heterocycles.